The quantitative estimate of drug-likeness (QED) is 0.467. The maximum Gasteiger partial charge on any atom is 0.220 e. The Morgan fingerprint density at radius 1 is 1.35 bits per heavy atom. The minimum absolute atomic E-state index is 0.143. The van der Waals surface area contributed by atoms with Crippen LogP contribution in [0.2, 0.25) is 0 Å². The fourth-order valence-corrected chi connectivity index (χ4v) is 1.67. The van der Waals surface area contributed by atoms with Crippen molar-refractivity contribution in [1.29, 1.82) is 0 Å². The molecule has 0 aliphatic rings. The number of rotatable bonds is 6. The topological polar surface area (TPSA) is 152 Å². The maximum absolute atomic E-state index is 9.46. The van der Waals surface area contributed by atoms with Crippen LogP contribution in [-0.4, -0.2) is 65.5 Å². The van der Waals surface area contributed by atoms with Gasteiger partial charge in [-0.15, -0.1) is 10.2 Å². The van der Waals surface area contributed by atoms with Gasteiger partial charge in [0.2, 0.25) is 5.65 Å². The summed E-state index contributed by atoms with van der Waals surface area (Å²) < 4.78 is 6.72. The molecule has 0 aliphatic carbocycles. The van der Waals surface area contributed by atoms with Gasteiger partial charge in [-0.1, -0.05) is 0 Å². The smallest absolute Gasteiger partial charge is 0.220 e. The van der Waals surface area contributed by atoms with E-state index in [1.807, 2.05) is 0 Å². The summed E-state index contributed by atoms with van der Waals surface area (Å²) >= 11 is 0. The lowest BCUT2D eigenvalue weighted by Crippen LogP contribution is -2.33. The van der Waals surface area contributed by atoms with Gasteiger partial charge in [0.15, 0.2) is 11.6 Å². The predicted octanol–water partition coefficient (Wildman–Crippen LogP) is -2.11. The summed E-state index contributed by atoms with van der Waals surface area (Å²) in [6.45, 7) is 0.646. The third-order valence-electron chi connectivity index (χ3n) is 2.77. The minimum atomic E-state index is -0.911. The van der Waals surface area contributed by atoms with Crippen LogP contribution in [0.4, 0.5) is 5.82 Å². The lowest BCUT2D eigenvalue weighted by atomic mass is 10.2. The van der Waals surface area contributed by atoms with Crippen LogP contribution in [0.5, 0.6) is 0 Å². The molecular formula is C10H16N6O4. The molecule has 2 heterocycles. The lowest BCUT2D eigenvalue weighted by Gasteiger charge is -2.22. The Bertz CT molecular complexity index is 574. The van der Waals surface area contributed by atoms with Crippen LogP contribution >= 0.6 is 0 Å². The van der Waals surface area contributed by atoms with Gasteiger partial charge in [-0.2, -0.15) is 9.61 Å². The molecule has 2 rings (SSSR count). The van der Waals surface area contributed by atoms with Crippen LogP contribution < -0.4 is 5.73 Å². The zero-order valence-electron chi connectivity index (χ0n) is 10.8. The average Bonchev–Trinajstić information content (AvgIpc) is 2.85. The van der Waals surface area contributed by atoms with Crippen molar-refractivity contribution >= 4 is 11.5 Å². The normalized spacial score (nSPS) is 16.2. The standard InChI is InChI=1S/C10H16N6O4/c1-5(19)6(2-17)20-7(3-18)9-14-15-10-8(11)12-4-13-16(9)10/h4-7,17-19H,2-3H2,1H3,(H2,11,12,13)/t5-,6+,7+/m0/s1. The number of anilines is 1. The van der Waals surface area contributed by atoms with E-state index >= 15 is 0 Å². The fourth-order valence-electron chi connectivity index (χ4n) is 1.67. The first-order valence-corrected chi connectivity index (χ1v) is 5.95. The van der Waals surface area contributed by atoms with E-state index in [-0.39, 0.29) is 17.3 Å². The van der Waals surface area contributed by atoms with E-state index in [4.69, 9.17) is 15.6 Å². The Hall–Kier alpha value is -1.88. The summed E-state index contributed by atoms with van der Waals surface area (Å²) in [6.07, 6.45) is -1.46. The third kappa shape index (κ3) is 2.67. The van der Waals surface area contributed by atoms with E-state index in [1.165, 1.54) is 17.8 Å². The zero-order chi connectivity index (χ0) is 14.7. The monoisotopic (exact) mass is 284 g/mol. The van der Waals surface area contributed by atoms with Gasteiger partial charge < -0.3 is 25.8 Å². The summed E-state index contributed by atoms with van der Waals surface area (Å²) in [7, 11) is 0. The van der Waals surface area contributed by atoms with Crippen molar-refractivity contribution in [3.63, 3.8) is 0 Å². The SMILES string of the molecule is C[C@H](O)[C@@H](CO)O[C@H](CO)c1nnc2c(N)ncnn12. The molecule has 0 radical (unpaired) electrons. The Balaban J connectivity index is 2.32. The van der Waals surface area contributed by atoms with Gasteiger partial charge >= 0.3 is 0 Å². The minimum Gasteiger partial charge on any atom is -0.394 e. The Labute approximate surface area is 113 Å². The zero-order valence-corrected chi connectivity index (χ0v) is 10.8. The van der Waals surface area contributed by atoms with Crippen molar-refractivity contribution in [2.75, 3.05) is 18.9 Å². The van der Waals surface area contributed by atoms with Gasteiger partial charge in [-0.25, -0.2) is 4.98 Å². The van der Waals surface area contributed by atoms with Crippen molar-refractivity contribution in [2.24, 2.45) is 0 Å². The van der Waals surface area contributed by atoms with Gasteiger partial charge in [-0.05, 0) is 6.92 Å². The maximum atomic E-state index is 9.46. The number of fused-ring (bicyclic) bond motifs is 1. The fraction of sp³-hybridized carbons (Fsp3) is 0.600. The molecule has 0 saturated heterocycles. The first kappa shape index (κ1) is 14.5. The summed E-state index contributed by atoms with van der Waals surface area (Å²) in [5.41, 5.74) is 5.87. The van der Waals surface area contributed by atoms with Gasteiger partial charge in [0.1, 0.15) is 18.5 Å². The Morgan fingerprint density at radius 3 is 2.70 bits per heavy atom. The molecule has 0 fully saturated rings. The lowest BCUT2D eigenvalue weighted by molar-refractivity contribution is -0.110. The van der Waals surface area contributed by atoms with Crippen molar-refractivity contribution in [3.8, 4) is 0 Å². The van der Waals surface area contributed by atoms with E-state index in [0.717, 1.165) is 0 Å². The number of nitrogens with two attached hydrogens (primary N) is 1. The summed E-state index contributed by atoms with van der Waals surface area (Å²) in [5.74, 6) is 0.348. The van der Waals surface area contributed by atoms with Crippen LogP contribution in [0.3, 0.4) is 0 Å². The number of aromatic nitrogens is 5. The number of aliphatic hydroxyl groups is 3. The molecule has 20 heavy (non-hydrogen) atoms. The average molecular weight is 284 g/mol. The van der Waals surface area contributed by atoms with Crippen LogP contribution in [0, 0.1) is 0 Å². The molecule has 0 bridgehead atoms. The van der Waals surface area contributed by atoms with E-state index in [1.54, 1.807) is 0 Å². The second-order valence-corrected chi connectivity index (χ2v) is 4.21. The number of aliphatic hydroxyl groups excluding tert-OH is 3. The summed E-state index contributed by atoms with van der Waals surface area (Å²) in [5, 5.41) is 39.6. The molecular weight excluding hydrogens is 268 g/mol. The molecule has 110 valence electrons. The highest BCUT2D eigenvalue weighted by Gasteiger charge is 2.25. The largest absolute Gasteiger partial charge is 0.394 e. The number of hydrogen-bond acceptors (Lipinski definition) is 9. The second kappa shape index (κ2) is 6.05. The van der Waals surface area contributed by atoms with Crippen molar-refractivity contribution in [2.45, 2.75) is 25.2 Å². The van der Waals surface area contributed by atoms with Crippen LogP contribution in [0.1, 0.15) is 18.9 Å². The van der Waals surface area contributed by atoms with Crippen LogP contribution in [0.25, 0.3) is 5.65 Å². The van der Waals surface area contributed by atoms with Crippen LogP contribution in [-0.2, 0) is 4.74 Å². The van der Waals surface area contributed by atoms with E-state index in [2.05, 4.69) is 20.3 Å². The molecule has 0 aromatic carbocycles. The Morgan fingerprint density at radius 2 is 2.10 bits per heavy atom. The predicted molar refractivity (Wildman–Crippen MR) is 66.5 cm³/mol. The Kier molecular flexibility index (Phi) is 4.39. The summed E-state index contributed by atoms with van der Waals surface area (Å²) in [4.78, 5) is 3.77. The van der Waals surface area contributed by atoms with Crippen LogP contribution in [0.15, 0.2) is 6.33 Å². The van der Waals surface area contributed by atoms with E-state index < -0.39 is 31.5 Å². The number of nitrogen functional groups attached to an aromatic ring is 1. The first-order chi connectivity index (χ1) is 9.58. The van der Waals surface area contributed by atoms with Crippen molar-refractivity contribution < 1.29 is 20.1 Å². The van der Waals surface area contributed by atoms with E-state index in [9.17, 15) is 10.2 Å². The second-order valence-electron chi connectivity index (χ2n) is 4.21. The first-order valence-electron chi connectivity index (χ1n) is 5.95. The molecule has 3 atom stereocenters. The molecule has 0 unspecified atom stereocenters. The highest BCUT2D eigenvalue weighted by molar-refractivity contribution is 5.57. The molecule has 5 N–H and O–H groups in total. The highest BCUT2D eigenvalue weighted by Crippen LogP contribution is 2.19. The van der Waals surface area contributed by atoms with Gasteiger partial charge in [0.25, 0.3) is 0 Å². The highest BCUT2D eigenvalue weighted by atomic mass is 16.5. The summed E-state index contributed by atoms with van der Waals surface area (Å²) in [6, 6.07) is 0. The van der Waals surface area contributed by atoms with Crippen molar-refractivity contribution in [3.05, 3.63) is 12.2 Å². The molecule has 0 amide bonds. The molecule has 10 nitrogen and oxygen atoms in total. The van der Waals surface area contributed by atoms with E-state index in [0.29, 0.717) is 0 Å². The van der Waals surface area contributed by atoms with Gasteiger partial charge in [0.05, 0.1) is 19.3 Å². The van der Waals surface area contributed by atoms with Crippen molar-refractivity contribution in [1.82, 2.24) is 24.8 Å². The van der Waals surface area contributed by atoms with Gasteiger partial charge in [-0.3, -0.25) is 0 Å². The third-order valence-corrected chi connectivity index (χ3v) is 2.77. The molecule has 0 saturated carbocycles. The molecule has 10 heteroatoms. The number of ether oxygens (including phenoxy) is 1. The number of hydrogen-bond donors (Lipinski definition) is 4. The molecule has 0 aliphatic heterocycles. The molecule has 0 spiro atoms. The number of nitrogens with zero attached hydrogens (tertiary/aromatic N) is 5. The molecule has 2 aromatic rings. The van der Waals surface area contributed by atoms with Gasteiger partial charge in [0, 0.05) is 0 Å². The molecule has 2 aromatic heterocycles.